The summed E-state index contributed by atoms with van der Waals surface area (Å²) in [6.07, 6.45) is 1.40. The summed E-state index contributed by atoms with van der Waals surface area (Å²) < 4.78 is 11.1. The lowest BCUT2D eigenvalue weighted by Crippen LogP contribution is -2.43. The molecule has 1 rings (SSSR count). The molecule has 0 aliphatic carbocycles. The molecule has 1 aromatic rings. The number of guanidine groups is 1. The van der Waals surface area contributed by atoms with E-state index in [4.69, 9.17) is 9.15 Å². The van der Waals surface area contributed by atoms with Gasteiger partial charge in [-0.05, 0) is 27.7 Å². The number of nitrogens with one attached hydrogen (secondary N) is 2. The SMILES string of the molecule is CCNC(=NCc1ncc(C(C)(C)C)o1)NCCN(C)C(=O)OC(C)(C)C.I. The molecule has 162 valence electrons. The van der Waals surface area contributed by atoms with Crippen LogP contribution in [0.4, 0.5) is 4.79 Å². The summed E-state index contributed by atoms with van der Waals surface area (Å²) >= 11 is 0. The molecule has 0 aromatic carbocycles. The molecule has 0 fully saturated rings. The topological polar surface area (TPSA) is 92.0 Å². The van der Waals surface area contributed by atoms with Crippen LogP contribution in [0, 0.1) is 0 Å². The molecule has 2 N–H and O–H groups in total. The molecule has 0 radical (unpaired) electrons. The first-order valence-electron chi connectivity index (χ1n) is 9.34. The first kappa shape index (κ1) is 26.5. The second-order valence-corrected chi connectivity index (χ2v) is 8.39. The minimum Gasteiger partial charge on any atom is -0.444 e. The van der Waals surface area contributed by atoms with E-state index in [2.05, 4.69) is 41.4 Å². The van der Waals surface area contributed by atoms with Crippen LogP contribution in [0.1, 0.15) is 60.1 Å². The smallest absolute Gasteiger partial charge is 0.410 e. The van der Waals surface area contributed by atoms with Gasteiger partial charge in [0.1, 0.15) is 17.9 Å². The number of likely N-dealkylation sites (N-methyl/N-ethyl adjacent to an activating group) is 1. The van der Waals surface area contributed by atoms with Crippen LogP contribution in [0.2, 0.25) is 0 Å². The average Bonchev–Trinajstić information content (AvgIpc) is 3.00. The zero-order valence-corrected chi connectivity index (χ0v) is 20.7. The van der Waals surface area contributed by atoms with E-state index in [1.165, 1.54) is 4.90 Å². The van der Waals surface area contributed by atoms with Crippen molar-refractivity contribution in [3.63, 3.8) is 0 Å². The number of halogens is 1. The van der Waals surface area contributed by atoms with Crippen molar-refractivity contribution >= 4 is 36.0 Å². The number of ether oxygens (including phenoxy) is 1. The van der Waals surface area contributed by atoms with Crippen molar-refractivity contribution in [2.45, 2.75) is 66.0 Å². The summed E-state index contributed by atoms with van der Waals surface area (Å²) in [6, 6.07) is 0. The molecule has 28 heavy (non-hydrogen) atoms. The molecule has 9 heteroatoms. The van der Waals surface area contributed by atoms with Gasteiger partial charge < -0.3 is 24.7 Å². The van der Waals surface area contributed by atoms with E-state index in [9.17, 15) is 4.79 Å². The molecule has 1 amide bonds. The Kier molecular flexibility index (Phi) is 10.9. The lowest BCUT2D eigenvalue weighted by atomic mass is 9.94. The van der Waals surface area contributed by atoms with Crippen molar-refractivity contribution in [3.05, 3.63) is 17.8 Å². The van der Waals surface area contributed by atoms with Crippen LogP contribution in [0.5, 0.6) is 0 Å². The number of rotatable bonds is 6. The van der Waals surface area contributed by atoms with Gasteiger partial charge in [0.2, 0.25) is 5.89 Å². The normalized spacial score (nSPS) is 12.2. The van der Waals surface area contributed by atoms with Crippen LogP contribution in [-0.2, 0) is 16.7 Å². The number of carbonyl (C=O) groups excluding carboxylic acids is 1. The molecule has 0 aliphatic heterocycles. The van der Waals surface area contributed by atoms with Crippen molar-refractivity contribution < 1.29 is 13.9 Å². The highest BCUT2D eigenvalue weighted by atomic mass is 127. The number of aromatic nitrogens is 1. The Morgan fingerprint density at radius 2 is 1.89 bits per heavy atom. The minimum atomic E-state index is -0.503. The molecule has 0 aliphatic rings. The fraction of sp³-hybridized carbons (Fsp3) is 0.737. The van der Waals surface area contributed by atoms with Crippen LogP contribution in [0.15, 0.2) is 15.6 Å². The van der Waals surface area contributed by atoms with Gasteiger partial charge >= 0.3 is 6.09 Å². The second kappa shape index (κ2) is 11.5. The first-order valence-corrected chi connectivity index (χ1v) is 9.34. The Balaban J connectivity index is 0.00000729. The van der Waals surface area contributed by atoms with Crippen LogP contribution >= 0.6 is 24.0 Å². The second-order valence-electron chi connectivity index (χ2n) is 8.39. The van der Waals surface area contributed by atoms with Gasteiger partial charge in [-0.15, -0.1) is 24.0 Å². The zero-order chi connectivity index (χ0) is 20.7. The maximum Gasteiger partial charge on any atom is 0.410 e. The van der Waals surface area contributed by atoms with Crippen molar-refractivity contribution in [1.82, 2.24) is 20.5 Å². The Bertz CT molecular complexity index is 632. The Hall–Kier alpha value is -1.52. The van der Waals surface area contributed by atoms with Gasteiger partial charge in [-0.25, -0.2) is 14.8 Å². The summed E-state index contributed by atoms with van der Waals surface area (Å²) in [7, 11) is 1.71. The summed E-state index contributed by atoms with van der Waals surface area (Å²) in [4.78, 5) is 22.3. The molecule has 1 aromatic heterocycles. The van der Waals surface area contributed by atoms with E-state index in [-0.39, 0.29) is 35.5 Å². The standard InChI is InChI=1S/C19H35N5O3.HI/c1-9-20-16(21-10-11-24(8)17(25)27-19(5,6)7)23-13-15-22-12-14(26-15)18(2,3)4;/h12H,9-11,13H2,1-8H3,(H2,20,21,23);1H. The van der Waals surface area contributed by atoms with E-state index >= 15 is 0 Å². The summed E-state index contributed by atoms with van der Waals surface area (Å²) in [5, 5.41) is 6.36. The van der Waals surface area contributed by atoms with Crippen molar-refractivity contribution in [1.29, 1.82) is 0 Å². The van der Waals surface area contributed by atoms with Gasteiger partial charge in [-0.2, -0.15) is 0 Å². The van der Waals surface area contributed by atoms with Gasteiger partial charge in [0.25, 0.3) is 0 Å². The number of amides is 1. The highest BCUT2D eigenvalue weighted by molar-refractivity contribution is 14.0. The molecular formula is C19H36IN5O3. The van der Waals surface area contributed by atoms with Crippen molar-refractivity contribution in [2.75, 3.05) is 26.7 Å². The van der Waals surface area contributed by atoms with Crippen LogP contribution in [0.25, 0.3) is 0 Å². The highest BCUT2D eigenvalue weighted by Crippen LogP contribution is 2.22. The third-order valence-electron chi connectivity index (χ3n) is 3.45. The van der Waals surface area contributed by atoms with Crippen molar-refractivity contribution in [3.8, 4) is 0 Å². The van der Waals surface area contributed by atoms with E-state index in [0.717, 1.165) is 12.3 Å². The molecule has 0 spiro atoms. The molecule has 0 saturated heterocycles. The van der Waals surface area contributed by atoms with Gasteiger partial charge in [-0.3, -0.25) is 0 Å². The summed E-state index contributed by atoms with van der Waals surface area (Å²) in [5.74, 6) is 2.05. The third-order valence-corrected chi connectivity index (χ3v) is 3.45. The van der Waals surface area contributed by atoms with Crippen molar-refractivity contribution in [2.24, 2.45) is 4.99 Å². The lowest BCUT2D eigenvalue weighted by molar-refractivity contribution is 0.0302. The Morgan fingerprint density at radius 1 is 1.25 bits per heavy atom. The number of oxazole rings is 1. The van der Waals surface area contributed by atoms with Crippen LogP contribution in [-0.4, -0.2) is 54.2 Å². The molecule has 0 atom stereocenters. The Labute approximate surface area is 185 Å². The molecule has 8 nitrogen and oxygen atoms in total. The number of hydrogen-bond acceptors (Lipinski definition) is 5. The summed E-state index contributed by atoms with van der Waals surface area (Å²) in [5.41, 5.74) is -0.582. The zero-order valence-electron chi connectivity index (χ0n) is 18.4. The monoisotopic (exact) mass is 509 g/mol. The van der Waals surface area contributed by atoms with E-state index in [1.807, 2.05) is 27.7 Å². The van der Waals surface area contributed by atoms with Gasteiger partial charge in [0.05, 0.1) is 6.20 Å². The molecule has 1 heterocycles. The van der Waals surface area contributed by atoms with Gasteiger partial charge in [0.15, 0.2) is 5.96 Å². The molecule has 0 bridgehead atoms. The molecular weight excluding hydrogens is 473 g/mol. The predicted octanol–water partition coefficient (Wildman–Crippen LogP) is 3.51. The number of hydrogen-bond donors (Lipinski definition) is 2. The fourth-order valence-electron chi connectivity index (χ4n) is 1.99. The number of carbonyl (C=O) groups is 1. The average molecular weight is 509 g/mol. The highest BCUT2D eigenvalue weighted by Gasteiger charge is 2.20. The third kappa shape index (κ3) is 10.1. The van der Waals surface area contributed by atoms with Crippen LogP contribution < -0.4 is 10.6 Å². The fourth-order valence-corrected chi connectivity index (χ4v) is 1.99. The lowest BCUT2D eigenvalue weighted by Gasteiger charge is -2.24. The Morgan fingerprint density at radius 3 is 2.39 bits per heavy atom. The summed E-state index contributed by atoms with van der Waals surface area (Å²) in [6.45, 7) is 15.9. The quantitative estimate of drug-likeness (QED) is 0.347. The molecule has 0 saturated carbocycles. The largest absolute Gasteiger partial charge is 0.444 e. The maximum absolute atomic E-state index is 12.0. The first-order chi connectivity index (χ1) is 12.4. The predicted molar refractivity (Wildman–Crippen MR) is 122 cm³/mol. The number of nitrogens with zero attached hydrogens (tertiary/aromatic N) is 3. The van der Waals surface area contributed by atoms with Gasteiger partial charge in [-0.1, -0.05) is 20.8 Å². The van der Waals surface area contributed by atoms with E-state index in [0.29, 0.717) is 31.5 Å². The number of aliphatic imine (C=N–C) groups is 1. The van der Waals surface area contributed by atoms with Gasteiger partial charge in [0, 0.05) is 32.1 Å². The van der Waals surface area contributed by atoms with E-state index < -0.39 is 5.60 Å². The minimum absolute atomic E-state index is 0. The van der Waals surface area contributed by atoms with E-state index in [1.54, 1.807) is 13.2 Å². The molecule has 0 unspecified atom stereocenters. The maximum atomic E-state index is 12.0. The van der Waals surface area contributed by atoms with Crippen LogP contribution in [0.3, 0.4) is 0 Å².